The molecule has 0 aliphatic carbocycles. The average Bonchev–Trinajstić information content (AvgIpc) is 2.37. The number of para-hydroxylation sites is 1. The summed E-state index contributed by atoms with van der Waals surface area (Å²) in [6, 6.07) is 10.2. The van der Waals surface area contributed by atoms with Crippen LogP contribution in [-0.4, -0.2) is 0 Å². The summed E-state index contributed by atoms with van der Waals surface area (Å²) in [5.74, 6) is 3.59. The van der Waals surface area contributed by atoms with Gasteiger partial charge in [-0.15, -0.1) is 0 Å². The maximum absolute atomic E-state index is 13.7. The Morgan fingerprint density at radius 1 is 0.944 bits per heavy atom. The Balaban J connectivity index is 2.53. The Bertz CT molecular complexity index is 558. The molecule has 0 aliphatic heterocycles. The van der Waals surface area contributed by atoms with Crippen LogP contribution in [0.1, 0.15) is 17.2 Å². The summed E-state index contributed by atoms with van der Waals surface area (Å²) in [6.07, 6.45) is 0. The number of anilines is 1. The standard InChI is InChI=1S/C13H13F2N3/c14-10-6-3-5-9(12(10)15)13(18-17)8-4-1-2-7-11(8)16/h1-7,13,18H,16-17H2. The second-order valence-corrected chi connectivity index (χ2v) is 3.87. The minimum atomic E-state index is -0.927. The lowest BCUT2D eigenvalue weighted by molar-refractivity contribution is 0.483. The summed E-state index contributed by atoms with van der Waals surface area (Å²) in [5, 5.41) is 0. The summed E-state index contributed by atoms with van der Waals surface area (Å²) in [7, 11) is 0. The van der Waals surface area contributed by atoms with Gasteiger partial charge in [-0.2, -0.15) is 0 Å². The molecule has 0 fully saturated rings. The monoisotopic (exact) mass is 249 g/mol. The molecule has 2 aromatic rings. The summed E-state index contributed by atoms with van der Waals surface area (Å²) in [6.45, 7) is 0. The first kappa shape index (κ1) is 12.5. The molecule has 1 unspecified atom stereocenters. The van der Waals surface area contributed by atoms with Gasteiger partial charge in [0, 0.05) is 11.3 Å². The predicted octanol–water partition coefficient (Wildman–Crippen LogP) is 2.10. The van der Waals surface area contributed by atoms with Gasteiger partial charge in [-0.05, 0) is 17.7 Å². The molecule has 0 radical (unpaired) electrons. The van der Waals surface area contributed by atoms with Crippen molar-refractivity contribution < 1.29 is 8.78 Å². The Morgan fingerprint density at radius 3 is 2.28 bits per heavy atom. The lowest BCUT2D eigenvalue weighted by Gasteiger charge is -2.19. The van der Waals surface area contributed by atoms with E-state index in [9.17, 15) is 8.78 Å². The van der Waals surface area contributed by atoms with Crippen molar-refractivity contribution in [2.45, 2.75) is 6.04 Å². The zero-order valence-electron chi connectivity index (χ0n) is 9.53. The van der Waals surface area contributed by atoms with Gasteiger partial charge in [-0.1, -0.05) is 30.3 Å². The highest BCUT2D eigenvalue weighted by Crippen LogP contribution is 2.28. The van der Waals surface area contributed by atoms with E-state index in [4.69, 9.17) is 11.6 Å². The molecule has 5 N–H and O–H groups in total. The fourth-order valence-corrected chi connectivity index (χ4v) is 1.86. The number of halogens is 2. The molecule has 1 atom stereocenters. The second kappa shape index (κ2) is 5.12. The van der Waals surface area contributed by atoms with Crippen LogP contribution in [0, 0.1) is 11.6 Å². The second-order valence-electron chi connectivity index (χ2n) is 3.87. The predicted molar refractivity (Wildman–Crippen MR) is 66.4 cm³/mol. The van der Waals surface area contributed by atoms with E-state index in [1.807, 2.05) is 0 Å². The molecular formula is C13H13F2N3. The van der Waals surface area contributed by atoms with Gasteiger partial charge in [0.05, 0.1) is 6.04 Å². The van der Waals surface area contributed by atoms with E-state index in [1.54, 1.807) is 24.3 Å². The van der Waals surface area contributed by atoms with E-state index < -0.39 is 17.7 Å². The Kier molecular flexibility index (Phi) is 3.55. The van der Waals surface area contributed by atoms with E-state index in [-0.39, 0.29) is 5.56 Å². The zero-order chi connectivity index (χ0) is 13.1. The van der Waals surface area contributed by atoms with Crippen LogP contribution in [0.25, 0.3) is 0 Å². The van der Waals surface area contributed by atoms with Crippen molar-refractivity contribution in [3.8, 4) is 0 Å². The first-order chi connectivity index (χ1) is 8.65. The molecule has 0 saturated carbocycles. The molecule has 0 saturated heterocycles. The molecule has 5 heteroatoms. The smallest absolute Gasteiger partial charge is 0.163 e. The van der Waals surface area contributed by atoms with Crippen molar-refractivity contribution in [3.05, 3.63) is 65.2 Å². The van der Waals surface area contributed by atoms with Crippen LogP contribution in [0.3, 0.4) is 0 Å². The largest absolute Gasteiger partial charge is 0.398 e. The minimum absolute atomic E-state index is 0.121. The molecule has 2 rings (SSSR count). The van der Waals surface area contributed by atoms with Crippen molar-refractivity contribution in [1.29, 1.82) is 0 Å². The highest BCUT2D eigenvalue weighted by Gasteiger charge is 2.20. The molecule has 0 bridgehead atoms. The van der Waals surface area contributed by atoms with Crippen molar-refractivity contribution in [2.75, 3.05) is 5.73 Å². The highest BCUT2D eigenvalue weighted by atomic mass is 19.2. The minimum Gasteiger partial charge on any atom is -0.398 e. The Morgan fingerprint density at radius 2 is 1.61 bits per heavy atom. The number of rotatable bonds is 3. The molecule has 0 amide bonds. The molecule has 2 aromatic carbocycles. The van der Waals surface area contributed by atoms with Gasteiger partial charge in [-0.3, -0.25) is 5.84 Å². The summed E-state index contributed by atoms with van der Waals surface area (Å²) < 4.78 is 27.0. The van der Waals surface area contributed by atoms with Crippen molar-refractivity contribution in [3.63, 3.8) is 0 Å². The van der Waals surface area contributed by atoms with Gasteiger partial charge in [0.15, 0.2) is 11.6 Å². The maximum atomic E-state index is 13.7. The Hall–Kier alpha value is -1.98. The molecule has 94 valence electrons. The van der Waals surface area contributed by atoms with E-state index in [2.05, 4.69) is 5.43 Å². The fourth-order valence-electron chi connectivity index (χ4n) is 1.86. The van der Waals surface area contributed by atoms with Crippen LogP contribution in [-0.2, 0) is 0 Å². The zero-order valence-corrected chi connectivity index (χ0v) is 9.53. The molecule has 0 aromatic heterocycles. The quantitative estimate of drug-likeness (QED) is 0.443. The number of nitrogen functional groups attached to an aromatic ring is 1. The maximum Gasteiger partial charge on any atom is 0.163 e. The molecule has 18 heavy (non-hydrogen) atoms. The number of hydrogen-bond acceptors (Lipinski definition) is 3. The number of hydrazine groups is 1. The fraction of sp³-hybridized carbons (Fsp3) is 0.0769. The van der Waals surface area contributed by atoms with Gasteiger partial charge in [0.2, 0.25) is 0 Å². The van der Waals surface area contributed by atoms with Crippen LogP contribution in [0.15, 0.2) is 42.5 Å². The summed E-state index contributed by atoms with van der Waals surface area (Å²) in [4.78, 5) is 0. The normalized spacial score (nSPS) is 12.4. The summed E-state index contributed by atoms with van der Waals surface area (Å²) >= 11 is 0. The number of hydrogen-bond donors (Lipinski definition) is 3. The Labute approximate surface area is 103 Å². The van der Waals surface area contributed by atoms with Crippen LogP contribution in [0.2, 0.25) is 0 Å². The molecule has 3 nitrogen and oxygen atoms in total. The third kappa shape index (κ3) is 2.18. The van der Waals surface area contributed by atoms with Crippen molar-refractivity contribution in [2.24, 2.45) is 5.84 Å². The number of nitrogens with one attached hydrogen (secondary N) is 1. The van der Waals surface area contributed by atoms with E-state index in [1.165, 1.54) is 12.1 Å². The van der Waals surface area contributed by atoms with Gasteiger partial charge in [-0.25, -0.2) is 14.2 Å². The van der Waals surface area contributed by atoms with Crippen LogP contribution in [0.5, 0.6) is 0 Å². The van der Waals surface area contributed by atoms with Crippen molar-refractivity contribution >= 4 is 5.69 Å². The van der Waals surface area contributed by atoms with Gasteiger partial charge < -0.3 is 5.73 Å². The van der Waals surface area contributed by atoms with Crippen LogP contribution >= 0.6 is 0 Å². The molecule has 0 aliphatic rings. The summed E-state index contributed by atoms with van der Waals surface area (Å²) in [5.41, 5.74) is 9.45. The highest BCUT2D eigenvalue weighted by molar-refractivity contribution is 5.51. The van der Waals surface area contributed by atoms with Crippen molar-refractivity contribution in [1.82, 2.24) is 5.43 Å². The topological polar surface area (TPSA) is 64.1 Å². The lowest BCUT2D eigenvalue weighted by Crippen LogP contribution is -2.30. The van der Waals surface area contributed by atoms with E-state index >= 15 is 0 Å². The first-order valence-corrected chi connectivity index (χ1v) is 5.39. The van der Waals surface area contributed by atoms with Gasteiger partial charge >= 0.3 is 0 Å². The number of nitrogens with two attached hydrogens (primary N) is 2. The van der Waals surface area contributed by atoms with Crippen LogP contribution < -0.4 is 17.0 Å². The van der Waals surface area contributed by atoms with Gasteiger partial charge in [0.25, 0.3) is 0 Å². The van der Waals surface area contributed by atoms with Crippen LogP contribution in [0.4, 0.5) is 14.5 Å². The number of benzene rings is 2. The van der Waals surface area contributed by atoms with E-state index in [0.29, 0.717) is 11.3 Å². The van der Waals surface area contributed by atoms with Gasteiger partial charge in [0.1, 0.15) is 0 Å². The average molecular weight is 249 g/mol. The molecular weight excluding hydrogens is 236 g/mol. The SMILES string of the molecule is NNC(c1ccccc1N)c1cccc(F)c1F. The first-order valence-electron chi connectivity index (χ1n) is 5.39. The van der Waals surface area contributed by atoms with E-state index in [0.717, 1.165) is 6.07 Å². The third-order valence-corrected chi connectivity index (χ3v) is 2.77. The molecule has 0 spiro atoms. The molecule has 0 heterocycles. The lowest BCUT2D eigenvalue weighted by atomic mass is 9.97. The third-order valence-electron chi connectivity index (χ3n) is 2.77.